The van der Waals surface area contributed by atoms with Crippen LogP contribution in [-0.4, -0.2) is 36.4 Å². The molecule has 1 aromatic rings. The van der Waals surface area contributed by atoms with Crippen LogP contribution in [0.15, 0.2) is 24.3 Å². The Kier molecular flexibility index (Phi) is 4.97. The highest BCUT2D eigenvalue weighted by Gasteiger charge is 2.14. The van der Waals surface area contributed by atoms with E-state index in [4.69, 9.17) is 0 Å². The lowest BCUT2D eigenvalue weighted by atomic mass is 10.1. The van der Waals surface area contributed by atoms with Gasteiger partial charge in [-0.3, -0.25) is 4.79 Å². The Morgan fingerprint density at radius 2 is 1.89 bits per heavy atom. The minimum Gasteiger partial charge on any atom is -0.381 e. The molecule has 19 heavy (non-hydrogen) atoms. The molecule has 1 heterocycles. The third kappa shape index (κ3) is 4.06. The normalized spacial score (nSPS) is 17.4. The van der Waals surface area contributed by atoms with Crippen LogP contribution in [-0.2, 0) is 0 Å². The first-order valence-corrected chi connectivity index (χ1v) is 7.31. The summed E-state index contributed by atoms with van der Waals surface area (Å²) in [6, 6.07) is 8.27. The molecule has 1 aliphatic rings. The molecule has 0 aromatic heterocycles. The van der Waals surface area contributed by atoms with Gasteiger partial charge in [0.15, 0.2) is 5.78 Å². The average Bonchev–Trinajstić information content (AvgIpc) is 2.91. The van der Waals surface area contributed by atoms with Gasteiger partial charge >= 0.3 is 0 Å². The second kappa shape index (κ2) is 6.71. The first-order valence-electron chi connectivity index (χ1n) is 7.31. The highest BCUT2D eigenvalue weighted by atomic mass is 16.1. The molecule has 1 aliphatic heterocycles. The molecule has 0 radical (unpaired) electrons. The molecule has 1 unspecified atom stereocenters. The smallest absolute Gasteiger partial charge is 0.162 e. The fraction of sp³-hybridized carbons (Fsp3) is 0.562. The Morgan fingerprint density at radius 3 is 2.47 bits per heavy atom. The van der Waals surface area contributed by atoms with Crippen molar-refractivity contribution in [2.75, 3.05) is 25.0 Å². The topological polar surface area (TPSA) is 32.3 Å². The minimum absolute atomic E-state index is 0.205. The van der Waals surface area contributed by atoms with E-state index < -0.39 is 0 Å². The van der Waals surface area contributed by atoms with Gasteiger partial charge in [-0.1, -0.05) is 6.92 Å². The Labute approximate surface area is 116 Å². The highest BCUT2D eigenvalue weighted by Crippen LogP contribution is 2.14. The van der Waals surface area contributed by atoms with Crippen molar-refractivity contribution in [1.29, 1.82) is 0 Å². The van der Waals surface area contributed by atoms with E-state index in [1.54, 1.807) is 0 Å². The molecular weight excluding hydrogens is 236 g/mol. The summed E-state index contributed by atoms with van der Waals surface area (Å²) in [6.45, 7) is 7.66. The molecule has 0 bridgehead atoms. The summed E-state index contributed by atoms with van der Waals surface area (Å²) in [6.07, 6.45) is 3.24. The number of benzene rings is 1. The van der Waals surface area contributed by atoms with Crippen molar-refractivity contribution >= 4 is 11.5 Å². The maximum atomic E-state index is 11.5. The number of carbonyl (C=O) groups excluding carboxylic acids is 1. The van der Waals surface area contributed by atoms with E-state index in [2.05, 4.69) is 17.1 Å². The third-order valence-electron chi connectivity index (χ3n) is 3.67. The van der Waals surface area contributed by atoms with E-state index in [9.17, 15) is 4.79 Å². The van der Waals surface area contributed by atoms with Gasteiger partial charge in [0.25, 0.3) is 0 Å². The van der Waals surface area contributed by atoms with Crippen LogP contribution in [0, 0.1) is 0 Å². The van der Waals surface area contributed by atoms with Gasteiger partial charge in [-0.25, -0.2) is 0 Å². The van der Waals surface area contributed by atoms with E-state index in [1.165, 1.54) is 25.9 Å². The van der Waals surface area contributed by atoms with Crippen molar-refractivity contribution in [3.05, 3.63) is 29.8 Å². The van der Waals surface area contributed by atoms with Gasteiger partial charge in [0.2, 0.25) is 0 Å². The summed E-state index contributed by atoms with van der Waals surface area (Å²) >= 11 is 0. The summed E-state index contributed by atoms with van der Waals surface area (Å²) < 4.78 is 0. The maximum Gasteiger partial charge on any atom is 0.162 e. The van der Waals surface area contributed by atoms with Crippen LogP contribution in [0.2, 0.25) is 0 Å². The lowest BCUT2D eigenvalue weighted by molar-refractivity contribution is 0.0988. The Bertz CT molecular complexity index is 407. The zero-order chi connectivity index (χ0) is 13.7. The monoisotopic (exact) mass is 260 g/mol. The van der Waals surface area contributed by atoms with E-state index in [0.717, 1.165) is 17.8 Å². The summed E-state index contributed by atoms with van der Waals surface area (Å²) in [5, 5.41) is 3.50. The van der Waals surface area contributed by atoms with E-state index in [1.807, 2.05) is 31.2 Å². The summed E-state index contributed by atoms with van der Waals surface area (Å²) in [4.78, 5) is 14.1. The van der Waals surface area contributed by atoms with Crippen LogP contribution >= 0.6 is 0 Å². The third-order valence-corrected chi connectivity index (χ3v) is 3.67. The second-order valence-electron chi connectivity index (χ2n) is 5.41. The summed E-state index contributed by atoms with van der Waals surface area (Å²) in [5.74, 6) is 0.205. The standard InChI is InChI=1S/C16H24N2O/c1-3-16(19)14-6-8-15(9-7-14)17-13(2)12-18-10-4-5-11-18/h6-9,13,17H,3-5,10-12H2,1-2H3. The SMILES string of the molecule is CCC(=O)c1ccc(NC(C)CN2CCCC2)cc1. The largest absolute Gasteiger partial charge is 0.381 e. The lowest BCUT2D eigenvalue weighted by Gasteiger charge is -2.22. The van der Waals surface area contributed by atoms with E-state index in [0.29, 0.717) is 12.5 Å². The van der Waals surface area contributed by atoms with Crippen molar-refractivity contribution in [2.45, 2.75) is 39.2 Å². The predicted octanol–water partition coefficient (Wildman–Crippen LogP) is 3.18. The minimum atomic E-state index is 0.205. The summed E-state index contributed by atoms with van der Waals surface area (Å²) in [7, 11) is 0. The van der Waals surface area contributed by atoms with Gasteiger partial charge in [-0.2, -0.15) is 0 Å². The Balaban J connectivity index is 1.86. The number of hydrogen-bond acceptors (Lipinski definition) is 3. The van der Waals surface area contributed by atoms with Crippen LogP contribution in [0.4, 0.5) is 5.69 Å². The molecule has 104 valence electrons. The zero-order valence-corrected chi connectivity index (χ0v) is 12.0. The number of ketones is 1. The molecule has 1 atom stereocenters. The summed E-state index contributed by atoms with van der Waals surface area (Å²) in [5.41, 5.74) is 1.90. The zero-order valence-electron chi connectivity index (χ0n) is 12.0. The number of carbonyl (C=O) groups is 1. The van der Waals surface area contributed by atoms with Crippen molar-refractivity contribution < 1.29 is 4.79 Å². The Morgan fingerprint density at radius 1 is 1.26 bits per heavy atom. The molecule has 1 N–H and O–H groups in total. The fourth-order valence-electron chi connectivity index (χ4n) is 2.64. The van der Waals surface area contributed by atoms with Gasteiger partial charge in [-0.05, 0) is 57.1 Å². The number of hydrogen-bond donors (Lipinski definition) is 1. The quantitative estimate of drug-likeness (QED) is 0.797. The first kappa shape index (κ1) is 14.1. The van der Waals surface area contributed by atoms with Gasteiger partial charge in [-0.15, -0.1) is 0 Å². The van der Waals surface area contributed by atoms with Crippen molar-refractivity contribution in [2.24, 2.45) is 0 Å². The van der Waals surface area contributed by atoms with Gasteiger partial charge in [0.05, 0.1) is 0 Å². The van der Waals surface area contributed by atoms with Gasteiger partial charge in [0, 0.05) is 30.3 Å². The van der Waals surface area contributed by atoms with Crippen LogP contribution in [0.3, 0.4) is 0 Å². The predicted molar refractivity (Wildman–Crippen MR) is 79.8 cm³/mol. The number of anilines is 1. The number of nitrogens with one attached hydrogen (secondary N) is 1. The van der Waals surface area contributed by atoms with Crippen molar-refractivity contribution in [3.63, 3.8) is 0 Å². The second-order valence-corrected chi connectivity index (χ2v) is 5.41. The fourth-order valence-corrected chi connectivity index (χ4v) is 2.64. The first-order chi connectivity index (χ1) is 9.19. The molecule has 0 saturated carbocycles. The van der Waals surface area contributed by atoms with Crippen LogP contribution in [0.1, 0.15) is 43.5 Å². The molecule has 1 aromatic carbocycles. The van der Waals surface area contributed by atoms with Crippen molar-refractivity contribution in [1.82, 2.24) is 4.90 Å². The number of Topliss-reactive ketones (excluding diaryl/α,β-unsaturated/α-hetero) is 1. The lowest BCUT2D eigenvalue weighted by Crippen LogP contribution is -2.32. The molecule has 1 saturated heterocycles. The molecule has 1 fully saturated rings. The molecule has 3 nitrogen and oxygen atoms in total. The molecule has 2 rings (SSSR count). The van der Waals surface area contributed by atoms with Crippen LogP contribution in [0.5, 0.6) is 0 Å². The Hall–Kier alpha value is -1.35. The van der Waals surface area contributed by atoms with Gasteiger partial charge in [0.1, 0.15) is 0 Å². The molecule has 0 aliphatic carbocycles. The van der Waals surface area contributed by atoms with Gasteiger partial charge < -0.3 is 10.2 Å². The number of likely N-dealkylation sites (tertiary alicyclic amines) is 1. The van der Waals surface area contributed by atoms with E-state index >= 15 is 0 Å². The molecular formula is C16H24N2O. The molecule has 0 amide bonds. The number of rotatable bonds is 6. The maximum absolute atomic E-state index is 11.5. The average molecular weight is 260 g/mol. The molecule has 0 spiro atoms. The van der Waals surface area contributed by atoms with E-state index in [-0.39, 0.29) is 5.78 Å². The molecule has 3 heteroatoms. The van der Waals surface area contributed by atoms with Crippen LogP contribution in [0.25, 0.3) is 0 Å². The number of nitrogens with zero attached hydrogens (tertiary/aromatic N) is 1. The van der Waals surface area contributed by atoms with Crippen molar-refractivity contribution in [3.8, 4) is 0 Å². The van der Waals surface area contributed by atoms with Crippen LogP contribution < -0.4 is 5.32 Å². The highest BCUT2D eigenvalue weighted by molar-refractivity contribution is 5.96.